The second kappa shape index (κ2) is 17.8. The van der Waals surface area contributed by atoms with Crippen molar-refractivity contribution < 1.29 is 58.8 Å². The monoisotopic (exact) mass is 698 g/mol. The topological polar surface area (TPSA) is 301 Å². The lowest BCUT2D eigenvalue weighted by molar-refractivity contribution is -0.151. The Labute approximate surface area is 281 Å². The fourth-order valence-corrected chi connectivity index (χ4v) is 6.16. The van der Waals surface area contributed by atoms with Crippen molar-refractivity contribution in [3.8, 4) is 0 Å². The van der Waals surface area contributed by atoms with Crippen LogP contribution in [0.15, 0.2) is 0 Å². The summed E-state index contributed by atoms with van der Waals surface area (Å²) in [6, 6.07) is -8.16. The number of carboxylic acid groups (broad SMARTS) is 1. The Kier molecular flexibility index (Phi) is 14.2. The summed E-state index contributed by atoms with van der Waals surface area (Å²) >= 11 is 0. The quantitative estimate of drug-likeness (QED) is 0.0770. The van der Waals surface area contributed by atoms with Crippen molar-refractivity contribution in [1.29, 1.82) is 0 Å². The molecule has 0 aromatic carbocycles. The standard InChI is InChI=1S/C29H46N8O12/c1-15(32-22(41)11-31-24(43)17(13-39)33-23(42)16(30)12-38)26(45)36-9-3-6-20(36)28(47)37-10-4-7-21(37)27(46)35-8-2-5-19(35)25(44)34-18(14-40)29(48)49/h15-21,38-40H,2-14,30H2,1H3,(H,31,43)(H,32,41)(H,33,42)(H,34,44)(H,48,49). The van der Waals surface area contributed by atoms with E-state index in [2.05, 4.69) is 21.3 Å². The molecule has 20 nitrogen and oxygen atoms in total. The van der Waals surface area contributed by atoms with Gasteiger partial charge in [-0.15, -0.1) is 0 Å². The second-order valence-electron chi connectivity index (χ2n) is 12.2. The van der Waals surface area contributed by atoms with Crippen LogP contribution in [0.25, 0.3) is 0 Å². The van der Waals surface area contributed by atoms with E-state index in [1.54, 1.807) is 0 Å². The van der Waals surface area contributed by atoms with Gasteiger partial charge in [0.2, 0.25) is 41.4 Å². The fourth-order valence-electron chi connectivity index (χ4n) is 6.16. The summed E-state index contributed by atoms with van der Waals surface area (Å²) in [5, 5.41) is 45.9. The van der Waals surface area contributed by atoms with Gasteiger partial charge in [0.25, 0.3) is 0 Å². The third-order valence-corrected chi connectivity index (χ3v) is 8.80. The highest BCUT2D eigenvalue weighted by atomic mass is 16.4. The Hall–Kier alpha value is -4.40. The van der Waals surface area contributed by atoms with Crippen molar-refractivity contribution in [2.45, 2.75) is 87.7 Å². The molecule has 274 valence electrons. The zero-order valence-corrected chi connectivity index (χ0v) is 27.2. The molecule has 7 amide bonds. The SMILES string of the molecule is CC(NC(=O)CNC(=O)C(CO)NC(=O)C(N)CO)C(=O)N1CCCC1C(=O)N1CCCC1C(=O)N1CCCC1C(=O)NC(CO)C(=O)O. The van der Waals surface area contributed by atoms with E-state index in [1.165, 1.54) is 21.6 Å². The summed E-state index contributed by atoms with van der Waals surface area (Å²) in [6.07, 6.45) is 2.41. The van der Waals surface area contributed by atoms with E-state index in [-0.39, 0.29) is 26.1 Å². The number of hydrogen-bond acceptors (Lipinski definition) is 12. The van der Waals surface area contributed by atoms with Crippen molar-refractivity contribution >= 4 is 47.3 Å². The maximum Gasteiger partial charge on any atom is 0.328 e. The molecule has 49 heavy (non-hydrogen) atoms. The molecule has 3 saturated heterocycles. The molecule has 0 spiro atoms. The van der Waals surface area contributed by atoms with Gasteiger partial charge >= 0.3 is 5.97 Å². The second-order valence-corrected chi connectivity index (χ2v) is 12.2. The third-order valence-electron chi connectivity index (χ3n) is 8.80. The largest absolute Gasteiger partial charge is 0.480 e. The molecule has 3 rings (SSSR count). The van der Waals surface area contributed by atoms with Gasteiger partial charge in [-0.25, -0.2) is 4.79 Å². The molecular formula is C29H46N8O12. The first kappa shape index (κ1) is 39.0. The van der Waals surface area contributed by atoms with E-state index in [0.717, 1.165) is 0 Å². The van der Waals surface area contributed by atoms with Crippen molar-refractivity contribution in [3.05, 3.63) is 0 Å². The number of rotatable bonds is 15. The highest BCUT2D eigenvalue weighted by Gasteiger charge is 2.46. The number of likely N-dealkylation sites (tertiary alicyclic amines) is 3. The number of hydrogen-bond donors (Lipinski definition) is 9. The van der Waals surface area contributed by atoms with Crippen molar-refractivity contribution in [3.63, 3.8) is 0 Å². The smallest absolute Gasteiger partial charge is 0.328 e. The van der Waals surface area contributed by atoms with Gasteiger partial charge < -0.3 is 62.1 Å². The summed E-state index contributed by atoms with van der Waals surface area (Å²) in [5.74, 6) is -6.18. The van der Waals surface area contributed by atoms with E-state index < -0.39 is 116 Å². The number of amides is 7. The lowest BCUT2D eigenvalue weighted by Gasteiger charge is -2.34. The molecular weight excluding hydrogens is 652 g/mol. The molecule has 0 saturated carbocycles. The van der Waals surface area contributed by atoms with Crippen LogP contribution >= 0.6 is 0 Å². The molecule has 0 bridgehead atoms. The normalized spacial score (nSPS) is 22.9. The van der Waals surface area contributed by atoms with Gasteiger partial charge in [-0.1, -0.05) is 0 Å². The van der Waals surface area contributed by atoms with Gasteiger partial charge in [0, 0.05) is 19.6 Å². The number of aliphatic hydroxyl groups is 3. The van der Waals surface area contributed by atoms with Crippen LogP contribution in [0.5, 0.6) is 0 Å². The Morgan fingerprint density at radius 2 is 1.20 bits per heavy atom. The summed E-state index contributed by atoms with van der Waals surface area (Å²) in [4.78, 5) is 106. The predicted octanol–water partition coefficient (Wildman–Crippen LogP) is -6.06. The van der Waals surface area contributed by atoms with Crippen molar-refractivity contribution in [2.75, 3.05) is 46.0 Å². The molecule has 3 aliphatic heterocycles. The van der Waals surface area contributed by atoms with Crippen LogP contribution in [0, 0.1) is 0 Å². The molecule has 3 aliphatic rings. The van der Waals surface area contributed by atoms with Gasteiger partial charge in [0.1, 0.15) is 42.3 Å². The van der Waals surface area contributed by atoms with Gasteiger partial charge in [0.05, 0.1) is 26.4 Å². The lowest BCUT2D eigenvalue weighted by Crippen LogP contribution is -2.58. The number of carbonyl (C=O) groups is 8. The van der Waals surface area contributed by atoms with Crippen LogP contribution < -0.4 is 27.0 Å². The molecule has 7 atom stereocenters. The molecule has 0 aromatic rings. The molecule has 0 radical (unpaired) electrons. The number of carbonyl (C=O) groups excluding carboxylic acids is 7. The zero-order chi connectivity index (χ0) is 36.4. The molecule has 20 heteroatoms. The highest BCUT2D eigenvalue weighted by molar-refractivity contribution is 5.97. The van der Waals surface area contributed by atoms with Crippen LogP contribution in [-0.2, 0) is 38.4 Å². The Balaban J connectivity index is 1.58. The summed E-state index contributed by atoms with van der Waals surface area (Å²) in [5.41, 5.74) is 5.38. The summed E-state index contributed by atoms with van der Waals surface area (Å²) in [7, 11) is 0. The Morgan fingerprint density at radius 1 is 0.694 bits per heavy atom. The predicted molar refractivity (Wildman–Crippen MR) is 166 cm³/mol. The van der Waals surface area contributed by atoms with E-state index in [0.29, 0.717) is 32.1 Å². The molecule has 3 heterocycles. The summed E-state index contributed by atoms with van der Waals surface area (Å²) < 4.78 is 0. The number of carboxylic acids is 1. The number of aliphatic hydroxyl groups excluding tert-OH is 3. The first-order chi connectivity index (χ1) is 23.2. The van der Waals surface area contributed by atoms with E-state index in [1.807, 2.05) is 0 Å². The Morgan fingerprint density at radius 3 is 1.73 bits per heavy atom. The number of nitrogens with one attached hydrogen (secondary N) is 4. The maximum absolute atomic E-state index is 13.8. The van der Waals surface area contributed by atoms with Crippen LogP contribution in [0.1, 0.15) is 45.4 Å². The van der Waals surface area contributed by atoms with Gasteiger partial charge in [-0.3, -0.25) is 33.6 Å². The number of nitrogens with two attached hydrogens (primary N) is 1. The van der Waals surface area contributed by atoms with Crippen molar-refractivity contribution in [2.24, 2.45) is 5.73 Å². The molecule has 10 N–H and O–H groups in total. The molecule has 7 unspecified atom stereocenters. The minimum Gasteiger partial charge on any atom is -0.480 e. The lowest BCUT2D eigenvalue weighted by atomic mass is 10.1. The average molecular weight is 699 g/mol. The zero-order valence-electron chi connectivity index (χ0n) is 27.2. The highest BCUT2D eigenvalue weighted by Crippen LogP contribution is 2.28. The number of aliphatic carboxylic acids is 1. The Bertz CT molecular complexity index is 1280. The van der Waals surface area contributed by atoms with E-state index in [4.69, 9.17) is 10.8 Å². The minimum atomic E-state index is -1.53. The van der Waals surface area contributed by atoms with Crippen molar-refractivity contribution in [1.82, 2.24) is 36.0 Å². The van der Waals surface area contributed by atoms with Crippen LogP contribution in [-0.4, -0.2) is 171 Å². The maximum atomic E-state index is 13.8. The molecule has 3 fully saturated rings. The van der Waals surface area contributed by atoms with Crippen LogP contribution in [0.3, 0.4) is 0 Å². The van der Waals surface area contributed by atoms with Crippen LogP contribution in [0.4, 0.5) is 0 Å². The summed E-state index contributed by atoms with van der Waals surface area (Å²) in [6.45, 7) is -0.839. The van der Waals surface area contributed by atoms with Crippen LogP contribution in [0.2, 0.25) is 0 Å². The van der Waals surface area contributed by atoms with E-state index >= 15 is 0 Å². The van der Waals surface area contributed by atoms with Gasteiger partial charge in [-0.2, -0.15) is 0 Å². The van der Waals surface area contributed by atoms with E-state index in [9.17, 15) is 53.7 Å². The molecule has 0 aliphatic carbocycles. The first-order valence-corrected chi connectivity index (χ1v) is 16.2. The number of nitrogens with zero attached hydrogens (tertiary/aromatic N) is 3. The fraction of sp³-hybridized carbons (Fsp3) is 0.724. The third kappa shape index (κ3) is 9.61. The first-order valence-electron chi connectivity index (χ1n) is 16.2. The minimum absolute atomic E-state index is 0.219. The van der Waals surface area contributed by atoms with Gasteiger partial charge in [0.15, 0.2) is 0 Å². The molecule has 0 aromatic heterocycles. The van der Waals surface area contributed by atoms with Gasteiger partial charge in [-0.05, 0) is 45.4 Å². The average Bonchev–Trinajstić information content (AvgIpc) is 3.88.